The van der Waals surface area contributed by atoms with E-state index in [0.717, 1.165) is 36.1 Å². The number of benzene rings is 1. The largest absolute Gasteiger partial charge is 0.366 e. The quantitative estimate of drug-likeness (QED) is 0.797. The molecule has 0 saturated carbocycles. The summed E-state index contributed by atoms with van der Waals surface area (Å²) in [6.45, 7) is 9.71. The monoisotopic (exact) mass is 286 g/mol. The summed E-state index contributed by atoms with van der Waals surface area (Å²) in [5, 5.41) is 7.96. The van der Waals surface area contributed by atoms with E-state index < -0.39 is 0 Å². The first-order valence-corrected chi connectivity index (χ1v) is 7.92. The van der Waals surface area contributed by atoms with Crippen LogP contribution in [0.25, 0.3) is 10.9 Å². The minimum Gasteiger partial charge on any atom is -0.366 e. The highest BCUT2D eigenvalue weighted by Gasteiger charge is 2.14. The molecular weight excluding hydrogens is 260 g/mol. The molecule has 0 fully saturated rings. The molecule has 0 aliphatic heterocycles. The molecule has 4 heteroatoms. The van der Waals surface area contributed by atoms with Crippen molar-refractivity contribution in [2.45, 2.75) is 46.6 Å². The summed E-state index contributed by atoms with van der Waals surface area (Å²) in [5.74, 6) is 2.20. The van der Waals surface area contributed by atoms with Crippen LogP contribution in [-0.2, 0) is 0 Å². The molecule has 0 spiro atoms. The second kappa shape index (κ2) is 7.25. The van der Waals surface area contributed by atoms with Crippen molar-refractivity contribution in [3.8, 4) is 0 Å². The number of hydrogen-bond donors (Lipinski definition) is 2. The molecule has 0 saturated heterocycles. The van der Waals surface area contributed by atoms with E-state index in [1.807, 2.05) is 18.2 Å². The van der Waals surface area contributed by atoms with E-state index in [2.05, 4.69) is 54.4 Å². The molecule has 0 amide bonds. The Morgan fingerprint density at radius 3 is 2.52 bits per heavy atom. The first-order valence-electron chi connectivity index (χ1n) is 7.92. The van der Waals surface area contributed by atoms with Crippen LogP contribution in [0, 0.1) is 5.92 Å². The van der Waals surface area contributed by atoms with Crippen molar-refractivity contribution in [2.24, 2.45) is 5.92 Å². The Bertz CT molecular complexity index is 580. The third-order valence-electron chi connectivity index (χ3n) is 3.70. The highest BCUT2D eigenvalue weighted by atomic mass is 15.1. The minimum absolute atomic E-state index is 0.419. The Morgan fingerprint density at radius 2 is 1.86 bits per heavy atom. The van der Waals surface area contributed by atoms with Gasteiger partial charge in [-0.05, 0) is 30.9 Å². The van der Waals surface area contributed by atoms with Crippen LogP contribution in [-0.4, -0.2) is 22.6 Å². The highest BCUT2D eigenvalue weighted by Crippen LogP contribution is 2.24. The predicted octanol–water partition coefficient (Wildman–Crippen LogP) is 4.30. The number of para-hydroxylation sites is 1. The van der Waals surface area contributed by atoms with Gasteiger partial charge in [-0.1, -0.05) is 39.8 Å². The summed E-state index contributed by atoms with van der Waals surface area (Å²) in [4.78, 5) is 9.26. The molecule has 0 aliphatic carbocycles. The van der Waals surface area contributed by atoms with Crippen molar-refractivity contribution in [1.29, 1.82) is 0 Å². The van der Waals surface area contributed by atoms with Crippen molar-refractivity contribution >= 4 is 22.7 Å². The van der Waals surface area contributed by atoms with Crippen molar-refractivity contribution in [1.82, 2.24) is 9.97 Å². The zero-order valence-electron chi connectivity index (χ0n) is 13.5. The van der Waals surface area contributed by atoms with Crippen molar-refractivity contribution in [3.05, 3.63) is 24.3 Å². The van der Waals surface area contributed by atoms with Gasteiger partial charge in [-0.2, -0.15) is 4.98 Å². The highest BCUT2D eigenvalue weighted by molar-refractivity contribution is 5.90. The lowest BCUT2D eigenvalue weighted by Crippen LogP contribution is -2.25. The molecule has 1 unspecified atom stereocenters. The SMILES string of the molecule is CCCNc1nc(NC(CC)C(C)C)c2ccccc2n1. The predicted molar refractivity (Wildman–Crippen MR) is 90.9 cm³/mol. The van der Waals surface area contributed by atoms with Gasteiger partial charge in [0.2, 0.25) is 5.95 Å². The Kier molecular flexibility index (Phi) is 5.37. The van der Waals surface area contributed by atoms with E-state index in [4.69, 9.17) is 0 Å². The van der Waals surface area contributed by atoms with Crippen LogP contribution >= 0.6 is 0 Å². The van der Waals surface area contributed by atoms with Gasteiger partial charge >= 0.3 is 0 Å². The number of rotatable bonds is 7. The van der Waals surface area contributed by atoms with Gasteiger partial charge in [0.15, 0.2) is 0 Å². The molecular formula is C17H26N4. The van der Waals surface area contributed by atoms with Gasteiger partial charge in [0.1, 0.15) is 5.82 Å². The van der Waals surface area contributed by atoms with Gasteiger partial charge in [-0.15, -0.1) is 0 Å². The molecule has 2 aromatic rings. The van der Waals surface area contributed by atoms with Crippen LogP contribution in [0.1, 0.15) is 40.5 Å². The molecule has 0 radical (unpaired) electrons. The van der Waals surface area contributed by atoms with Gasteiger partial charge in [-0.3, -0.25) is 0 Å². The molecule has 114 valence electrons. The second-order valence-corrected chi connectivity index (χ2v) is 5.74. The average molecular weight is 286 g/mol. The van der Waals surface area contributed by atoms with Crippen LogP contribution < -0.4 is 10.6 Å². The smallest absolute Gasteiger partial charge is 0.225 e. The topological polar surface area (TPSA) is 49.8 Å². The summed E-state index contributed by atoms with van der Waals surface area (Å²) in [6, 6.07) is 8.58. The molecule has 4 nitrogen and oxygen atoms in total. The van der Waals surface area contributed by atoms with E-state index in [1.54, 1.807) is 0 Å². The summed E-state index contributed by atoms with van der Waals surface area (Å²) < 4.78 is 0. The third-order valence-corrected chi connectivity index (χ3v) is 3.70. The normalized spacial score (nSPS) is 12.6. The first kappa shape index (κ1) is 15.5. The van der Waals surface area contributed by atoms with Gasteiger partial charge < -0.3 is 10.6 Å². The summed E-state index contributed by atoms with van der Waals surface area (Å²) in [7, 11) is 0. The zero-order valence-corrected chi connectivity index (χ0v) is 13.5. The summed E-state index contributed by atoms with van der Waals surface area (Å²) in [5.41, 5.74) is 0.979. The Morgan fingerprint density at radius 1 is 1.10 bits per heavy atom. The first-order chi connectivity index (χ1) is 10.2. The number of nitrogens with zero attached hydrogens (tertiary/aromatic N) is 2. The number of fused-ring (bicyclic) bond motifs is 1. The maximum absolute atomic E-state index is 4.68. The van der Waals surface area contributed by atoms with Gasteiger partial charge in [0.25, 0.3) is 0 Å². The molecule has 1 heterocycles. The summed E-state index contributed by atoms with van der Waals surface area (Å²) >= 11 is 0. The van der Waals surface area contributed by atoms with Crippen molar-refractivity contribution in [3.63, 3.8) is 0 Å². The molecule has 1 aromatic heterocycles. The lowest BCUT2D eigenvalue weighted by atomic mass is 10.0. The van der Waals surface area contributed by atoms with Gasteiger partial charge in [-0.25, -0.2) is 4.98 Å². The maximum Gasteiger partial charge on any atom is 0.225 e. The minimum atomic E-state index is 0.419. The van der Waals surface area contributed by atoms with Crippen molar-refractivity contribution in [2.75, 3.05) is 17.2 Å². The fourth-order valence-corrected chi connectivity index (χ4v) is 2.42. The van der Waals surface area contributed by atoms with E-state index in [0.29, 0.717) is 17.9 Å². The van der Waals surface area contributed by atoms with Crippen LogP contribution in [0.4, 0.5) is 11.8 Å². The van der Waals surface area contributed by atoms with Gasteiger partial charge in [0.05, 0.1) is 5.52 Å². The molecule has 21 heavy (non-hydrogen) atoms. The molecule has 2 N–H and O–H groups in total. The number of hydrogen-bond acceptors (Lipinski definition) is 4. The second-order valence-electron chi connectivity index (χ2n) is 5.74. The van der Waals surface area contributed by atoms with Crippen LogP contribution in [0.2, 0.25) is 0 Å². The number of nitrogens with one attached hydrogen (secondary N) is 2. The van der Waals surface area contributed by atoms with Crippen LogP contribution in [0.3, 0.4) is 0 Å². The molecule has 0 bridgehead atoms. The molecule has 0 aliphatic rings. The zero-order chi connectivity index (χ0) is 15.2. The van der Waals surface area contributed by atoms with Gasteiger partial charge in [0, 0.05) is 18.0 Å². The summed E-state index contributed by atoms with van der Waals surface area (Å²) in [6.07, 6.45) is 2.14. The lowest BCUT2D eigenvalue weighted by Gasteiger charge is -2.22. The number of anilines is 2. The van der Waals surface area contributed by atoms with E-state index in [-0.39, 0.29) is 0 Å². The van der Waals surface area contributed by atoms with E-state index in [1.165, 1.54) is 0 Å². The fourth-order valence-electron chi connectivity index (χ4n) is 2.42. The molecule has 2 rings (SSSR count). The average Bonchev–Trinajstić information content (AvgIpc) is 2.50. The Labute approximate surface area is 127 Å². The van der Waals surface area contributed by atoms with Crippen molar-refractivity contribution < 1.29 is 0 Å². The maximum atomic E-state index is 4.68. The lowest BCUT2D eigenvalue weighted by molar-refractivity contribution is 0.510. The molecule has 1 aromatic carbocycles. The van der Waals surface area contributed by atoms with Crippen LogP contribution in [0.15, 0.2) is 24.3 Å². The molecule has 1 atom stereocenters. The third kappa shape index (κ3) is 3.84. The number of aromatic nitrogens is 2. The van der Waals surface area contributed by atoms with E-state index in [9.17, 15) is 0 Å². The fraction of sp³-hybridized carbons (Fsp3) is 0.529. The Balaban J connectivity index is 2.38. The Hall–Kier alpha value is -1.84. The van der Waals surface area contributed by atoms with E-state index >= 15 is 0 Å². The van der Waals surface area contributed by atoms with Crippen LogP contribution in [0.5, 0.6) is 0 Å². The standard InChI is InChI=1S/C17H26N4/c1-5-11-18-17-20-15-10-8-7-9-13(15)16(21-17)19-14(6-2)12(3)4/h7-10,12,14H,5-6,11H2,1-4H3,(H2,18,19,20,21).